The number of rotatable bonds is 5. The van der Waals surface area contributed by atoms with E-state index in [1.165, 1.54) is 19.3 Å². The fraction of sp³-hybridized carbons (Fsp3) is 0.625. The van der Waals surface area contributed by atoms with Crippen LogP contribution >= 0.6 is 0 Å². The number of H-pyrrole nitrogens is 1. The highest BCUT2D eigenvalue weighted by Crippen LogP contribution is 2.08. The Balaban J connectivity index is 1.78. The Labute approximate surface area is 125 Å². The van der Waals surface area contributed by atoms with Crippen LogP contribution in [0, 0.1) is 13.8 Å². The molecule has 0 bridgehead atoms. The summed E-state index contributed by atoms with van der Waals surface area (Å²) in [4.78, 5) is 29.2. The van der Waals surface area contributed by atoms with Crippen molar-refractivity contribution >= 4 is 5.91 Å². The first-order valence-electron chi connectivity index (χ1n) is 7.74. The number of aromatic amines is 1. The van der Waals surface area contributed by atoms with Gasteiger partial charge in [0.15, 0.2) is 5.43 Å². The normalized spacial score (nSPS) is 15.9. The summed E-state index contributed by atoms with van der Waals surface area (Å²) >= 11 is 0. The van der Waals surface area contributed by atoms with Gasteiger partial charge in [0.2, 0.25) is 5.91 Å². The molecule has 0 radical (unpaired) electrons. The number of hydrogen-bond donors (Lipinski definition) is 2. The molecule has 0 saturated carbocycles. The number of amides is 1. The van der Waals surface area contributed by atoms with Gasteiger partial charge in [0.1, 0.15) is 0 Å². The van der Waals surface area contributed by atoms with E-state index in [2.05, 4.69) is 15.2 Å². The van der Waals surface area contributed by atoms with Crippen molar-refractivity contribution in [1.82, 2.24) is 15.2 Å². The van der Waals surface area contributed by atoms with Crippen LogP contribution < -0.4 is 10.7 Å². The minimum absolute atomic E-state index is 0.0430. The van der Waals surface area contributed by atoms with Gasteiger partial charge in [0.25, 0.3) is 0 Å². The molecule has 5 nitrogen and oxygen atoms in total. The average molecular weight is 291 g/mol. The molecule has 1 amide bonds. The summed E-state index contributed by atoms with van der Waals surface area (Å²) in [5.41, 5.74) is 2.22. The van der Waals surface area contributed by atoms with Crippen LogP contribution in [-0.4, -0.2) is 35.4 Å². The number of hydrogen-bond acceptors (Lipinski definition) is 3. The lowest BCUT2D eigenvalue weighted by Crippen LogP contribution is -2.34. The Morgan fingerprint density at radius 2 is 2.00 bits per heavy atom. The Bertz CT molecular complexity index is 545. The van der Waals surface area contributed by atoms with Crippen molar-refractivity contribution in [1.29, 1.82) is 0 Å². The average Bonchev–Trinajstić information content (AvgIpc) is 2.51. The summed E-state index contributed by atoms with van der Waals surface area (Å²) in [5, 5.41) is 2.89. The van der Waals surface area contributed by atoms with Crippen LogP contribution in [0.25, 0.3) is 0 Å². The second kappa shape index (κ2) is 7.41. The molecule has 2 N–H and O–H groups in total. The van der Waals surface area contributed by atoms with Crippen molar-refractivity contribution in [3.8, 4) is 0 Å². The molecule has 116 valence electrons. The molecule has 0 unspecified atom stereocenters. The maximum atomic E-state index is 11.9. The number of carbonyl (C=O) groups excluding carboxylic acids is 1. The number of nitrogens with one attached hydrogen (secondary N) is 2. The molecule has 1 aliphatic heterocycles. The van der Waals surface area contributed by atoms with Gasteiger partial charge >= 0.3 is 0 Å². The first-order chi connectivity index (χ1) is 10.1. The quantitative estimate of drug-likeness (QED) is 0.863. The van der Waals surface area contributed by atoms with Crippen LogP contribution in [0.4, 0.5) is 0 Å². The van der Waals surface area contributed by atoms with Crippen LogP contribution in [-0.2, 0) is 11.3 Å². The number of piperidine rings is 1. The van der Waals surface area contributed by atoms with Crippen molar-refractivity contribution < 1.29 is 4.79 Å². The first-order valence-corrected chi connectivity index (χ1v) is 7.74. The molecule has 0 atom stereocenters. The molecule has 0 spiro atoms. The van der Waals surface area contributed by atoms with Crippen LogP contribution in [0.5, 0.6) is 0 Å². The number of aryl methyl sites for hydroxylation is 1. The fourth-order valence-corrected chi connectivity index (χ4v) is 2.70. The smallest absolute Gasteiger partial charge is 0.221 e. The molecule has 5 heteroatoms. The molecule has 1 saturated heterocycles. The fourth-order valence-electron chi connectivity index (χ4n) is 2.70. The summed E-state index contributed by atoms with van der Waals surface area (Å²) in [6, 6.07) is 0. The van der Waals surface area contributed by atoms with E-state index in [1.54, 1.807) is 20.0 Å². The van der Waals surface area contributed by atoms with Gasteiger partial charge in [-0.1, -0.05) is 6.42 Å². The van der Waals surface area contributed by atoms with E-state index >= 15 is 0 Å². The standard InChI is InChI=1S/C16H25N3O2/c1-12-10-17-14(13(2)16(12)21)11-18-15(20)6-9-19-7-4-3-5-8-19/h10H,3-9,11H2,1-2H3,(H,17,21)(H,18,20). The second-order valence-corrected chi connectivity index (χ2v) is 5.83. The zero-order valence-corrected chi connectivity index (χ0v) is 13.0. The molecule has 2 heterocycles. The maximum absolute atomic E-state index is 11.9. The van der Waals surface area contributed by atoms with Gasteiger partial charge in [-0.25, -0.2) is 0 Å². The van der Waals surface area contributed by atoms with E-state index < -0.39 is 0 Å². The Kier molecular flexibility index (Phi) is 5.56. The zero-order valence-electron chi connectivity index (χ0n) is 13.0. The lowest BCUT2D eigenvalue weighted by Gasteiger charge is -2.25. The van der Waals surface area contributed by atoms with Crippen molar-refractivity contribution in [2.24, 2.45) is 0 Å². The summed E-state index contributed by atoms with van der Waals surface area (Å²) < 4.78 is 0. The predicted octanol–water partition coefficient (Wildman–Crippen LogP) is 1.48. The summed E-state index contributed by atoms with van der Waals surface area (Å²) in [5.74, 6) is 0.0430. The molecule has 1 aromatic rings. The number of aromatic nitrogens is 1. The second-order valence-electron chi connectivity index (χ2n) is 5.83. The van der Waals surface area contributed by atoms with Crippen LogP contribution in [0.15, 0.2) is 11.0 Å². The highest BCUT2D eigenvalue weighted by molar-refractivity contribution is 5.76. The van der Waals surface area contributed by atoms with E-state index in [0.29, 0.717) is 24.1 Å². The topological polar surface area (TPSA) is 65.2 Å². The summed E-state index contributed by atoms with van der Waals surface area (Å²) in [6.07, 6.45) is 6.01. The number of pyridine rings is 1. The van der Waals surface area contributed by atoms with Gasteiger partial charge < -0.3 is 15.2 Å². The molecule has 0 aromatic carbocycles. The third kappa shape index (κ3) is 4.43. The first kappa shape index (κ1) is 15.8. The van der Waals surface area contributed by atoms with Gasteiger partial charge in [-0.15, -0.1) is 0 Å². The molecule has 1 fully saturated rings. The van der Waals surface area contributed by atoms with Gasteiger partial charge in [-0.3, -0.25) is 9.59 Å². The molecular formula is C16H25N3O2. The molecular weight excluding hydrogens is 266 g/mol. The van der Waals surface area contributed by atoms with Crippen LogP contribution in [0.2, 0.25) is 0 Å². The number of carbonyl (C=O) groups is 1. The lowest BCUT2D eigenvalue weighted by atomic mass is 10.1. The Morgan fingerprint density at radius 1 is 1.29 bits per heavy atom. The number of nitrogens with zero attached hydrogens (tertiary/aromatic N) is 1. The van der Waals surface area contributed by atoms with E-state index in [4.69, 9.17) is 0 Å². The molecule has 1 aliphatic rings. The van der Waals surface area contributed by atoms with Crippen molar-refractivity contribution in [3.63, 3.8) is 0 Å². The molecule has 0 aliphatic carbocycles. The van der Waals surface area contributed by atoms with E-state index in [9.17, 15) is 9.59 Å². The van der Waals surface area contributed by atoms with Crippen molar-refractivity contribution in [3.05, 3.63) is 33.2 Å². The highest BCUT2D eigenvalue weighted by Gasteiger charge is 2.12. The van der Waals surface area contributed by atoms with Crippen molar-refractivity contribution in [2.75, 3.05) is 19.6 Å². The maximum Gasteiger partial charge on any atom is 0.221 e. The summed E-state index contributed by atoms with van der Waals surface area (Å²) in [6.45, 7) is 7.01. The zero-order chi connectivity index (χ0) is 15.2. The predicted molar refractivity (Wildman–Crippen MR) is 83.3 cm³/mol. The largest absolute Gasteiger partial charge is 0.363 e. The highest BCUT2D eigenvalue weighted by atomic mass is 16.1. The minimum atomic E-state index is 0.0430. The monoisotopic (exact) mass is 291 g/mol. The van der Waals surface area contributed by atoms with Crippen LogP contribution in [0.1, 0.15) is 42.5 Å². The van der Waals surface area contributed by atoms with Gasteiger partial charge in [-0.2, -0.15) is 0 Å². The van der Waals surface area contributed by atoms with Gasteiger partial charge in [0.05, 0.1) is 6.54 Å². The lowest BCUT2D eigenvalue weighted by molar-refractivity contribution is -0.121. The molecule has 21 heavy (non-hydrogen) atoms. The van der Waals surface area contributed by atoms with Crippen molar-refractivity contribution in [2.45, 2.75) is 46.1 Å². The van der Waals surface area contributed by atoms with Gasteiger partial charge in [-0.05, 0) is 39.8 Å². The Morgan fingerprint density at radius 3 is 2.71 bits per heavy atom. The molecule has 2 rings (SSSR count). The minimum Gasteiger partial charge on any atom is -0.363 e. The van der Waals surface area contributed by atoms with E-state index in [0.717, 1.165) is 25.3 Å². The van der Waals surface area contributed by atoms with Crippen LogP contribution in [0.3, 0.4) is 0 Å². The van der Waals surface area contributed by atoms with E-state index in [1.807, 2.05) is 0 Å². The molecule has 1 aromatic heterocycles. The number of likely N-dealkylation sites (tertiary alicyclic amines) is 1. The third-order valence-electron chi connectivity index (χ3n) is 4.18. The summed E-state index contributed by atoms with van der Waals surface area (Å²) in [7, 11) is 0. The van der Waals surface area contributed by atoms with Gasteiger partial charge in [0, 0.05) is 36.0 Å². The third-order valence-corrected chi connectivity index (χ3v) is 4.18. The SMILES string of the molecule is Cc1c[nH]c(CNC(=O)CCN2CCCCC2)c(C)c1=O. The van der Waals surface area contributed by atoms with E-state index in [-0.39, 0.29) is 11.3 Å². The Hall–Kier alpha value is -1.62.